The highest BCUT2D eigenvalue weighted by Gasteiger charge is 2.00. The second-order valence-corrected chi connectivity index (χ2v) is 3.37. The van der Waals surface area contributed by atoms with Crippen LogP contribution in [0.4, 0.5) is 4.79 Å². The predicted octanol–water partition coefficient (Wildman–Crippen LogP) is 0.483. The molecule has 0 spiro atoms. The number of rotatable bonds is 8. The van der Waals surface area contributed by atoms with Crippen LogP contribution < -0.4 is 10.6 Å². The number of ether oxygens (including phenoxy) is 1. The van der Waals surface area contributed by atoms with Gasteiger partial charge in [0.2, 0.25) is 0 Å². The number of hydrogen-bond donors (Lipinski definition) is 3. The highest BCUT2D eigenvalue weighted by atomic mass is 16.5. The van der Waals surface area contributed by atoms with E-state index in [1.807, 2.05) is 6.92 Å². The molecule has 5 nitrogen and oxygen atoms in total. The van der Waals surface area contributed by atoms with Gasteiger partial charge in [-0.1, -0.05) is 0 Å². The van der Waals surface area contributed by atoms with Crippen LogP contribution in [0.3, 0.4) is 0 Å². The first kappa shape index (κ1) is 14.2. The van der Waals surface area contributed by atoms with Crippen LogP contribution >= 0.6 is 0 Å². The highest BCUT2D eigenvalue weighted by Crippen LogP contribution is 1.85. The first-order valence-electron chi connectivity index (χ1n) is 5.44. The van der Waals surface area contributed by atoms with E-state index in [-0.39, 0.29) is 12.1 Å². The maximum absolute atomic E-state index is 11.1. The number of aliphatic hydroxyl groups is 1. The van der Waals surface area contributed by atoms with E-state index in [4.69, 9.17) is 9.84 Å². The lowest BCUT2D eigenvalue weighted by atomic mass is 10.3. The summed E-state index contributed by atoms with van der Waals surface area (Å²) in [6.45, 7) is 6.12. The summed E-state index contributed by atoms with van der Waals surface area (Å²) in [5.41, 5.74) is 0. The molecule has 5 heteroatoms. The zero-order valence-corrected chi connectivity index (χ0v) is 9.58. The number of carbonyl (C=O) groups excluding carboxylic acids is 1. The van der Waals surface area contributed by atoms with E-state index in [0.717, 1.165) is 6.42 Å². The number of hydrogen-bond acceptors (Lipinski definition) is 3. The maximum atomic E-state index is 11.1. The number of urea groups is 1. The van der Waals surface area contributed by atoms with Gasteiger partial charge in [-0.2, -0.15) is 0 Å². The normalized spacial score (nSPS) is 12.2. The van der Waals surface area contributed by atoms with E-state index in [2.05, 4.69) is 10.6 Å². The summed E-state index contributed by atoms with van der Waals surface area (Å²) in [5.74, 6) is 0. The molecule has 0 aliphatic heterocycles. The highest BCUT2D eigenvalue weighted by molar-refractivity contribution is 5.73. The molecule has 15 heavy (non-hydrogen) atoms. The summed E-state index contributed by atoms with van der Waals surface area (Å²) < 4.78 is 5.12. The Balaban J connectivity index is 3.19. The molecule has 0 radical (unpaired) electrons. The fraction of sp³-hybridized carbons (Fsp3) is 0.900. The first-order chi connectivity index (χ1) is 7.16. The quantitative estimate of drug-likeness (QED) is 0.519. The minimum atomic E-state index is -0.372. The van der Waals surface area contributed by atoms with Gasteiger partial charge in [-0.15, -0.1) is 0 Å². The average molecular weight is 218 g/mol. The zero-order valence-electron chi connectivity index (χ0n) is 9.58. The first-order valence-corrected chi connectivity index (χ1v) is 5.44. The lowest BCUT2D eigenvalue weighted by Crippen LogP contribution is -2.37. The lowest BCUT2D eigenvalue weighted by molar-refractivity contribution is 0.145. The van der Waals surface area contributed by atoms with Crippen LogP contribution in [0.1, 0.15) is 26.7 Å². The molecule has 3 N–H and O–H groups in total. The van der Waals surface area contributed by atoms with Crippen LogP contribution in [0.15, 0.2) is 0 Å². The van der Waals surface area contributed by atoms with E-state index in [1.165, 1.54) is 0 Å². The van der Waals surface area contributed by atoms with Gasteiger partial charge in [0.15, 0.2) is 0 Å². The Labute approximate surface area is 91.2 Å². The maximum Gasteiger partial charge on any atom is 0.314 e. The third-order valence-corrected chi connectivity index (χ3v) is 1.80. The molecule has 1 unspecified atom stereocenters. The molecule has 0 aromatic rings. The Morgan fingerprint density at radius 3 is 2.67 bits per heavy atom. The van der Waals surface area contributed by atoms with Gasteiger partial charge in [-0.3, -0.25) is 0 Å². The van der Waals surface area contributed by atoms with Crippen molar-refractivity contribution in [1.82, 2.24) is 10.6 Å². The third-order valence-electron chi connectivity index (χ3n) is 1.80. The molecular formula is C10H22N2O3. The second-order valence-electron chi connectivity index (χ2n) is 3.37. The number of aliphatic hydroxyl groups excluding tert-OH is 1. The molecule has 0 heterocycles. The summed E-state index contributed by atoms with van der Waals surface area (Å²) in [5, 5.41) is 14.3. The van der Waals surface area contributed by atoms with E-state index in [9.17, 15) is 4.79 Å². The van der Waals surface area contributed by atoms with Gasteiger partial charge in [0, 0.05) is 26.3 Å². The molecule has 1 atom stereocenters. The van der Waals surface area contributed by atoms with Gasteiger partial charge >= 0.3 is 6.03 Å². The summed E-state index contributed by atoms with van der Waals surface area (Å²) in [6, 6.07) is -0.188. The summed E-state index contributed by atoms with van der Waals surface area (Å²) in [4.78, 5) is 11.1. The van der Waals surface area contributed by atoms with Crippen LogP contribution in [0, 0.1) is 0 Å². The standard InChI is InChI=1S/C10H22N2O3/c1-3-15-8-4-6-11-10(14)12-7-5-9(2)13/h9,13H,3-8H2,1-2H3,(H2,11,12,14). The van der Waals surface area contributed by atoms with Crippen molar-refractivity contribution in [2.75, 3.05) is 26.3 Å². The molecule has 90 valence electrons. The van der Waals surface area contributed by atoms with Crippen LogP contribution in [-0.2, 0) is 4.74 Å². The van der Waals surface area contributed by atoms with Gasteiger partial charge in [0.25, 0.3) is 0 Å². The van der Waals surface area contributed by atoms with Crippen LogP contribution in [0.25, 0.3) is 0 Å². The van der Waals surface area contributed by atoms with E-state index < -0.39 is 0 Å². The predicted molar refractivity (Wildman–Crippen MR) is 58.8 cm³/mol. The lowest BCUT2D eigenvalue weighted by Gasteiger charge is -2.08. The van der Waals surface area contributed by atoms with Crippen molar-refractivity contribution in [3.63, 3.8) is 0 Å². The number of amides is 2. The Morgan fingerprint density at radius 2 is 2.07 bits per heavy atom. The molecule has 0 fully saturated rings. The van der Waals surface area contributed by atoms with E-state index in [0.29, 0.717) is 32.7 Å². The molecule has 0 aromatic carbocycles. The zero-order chi connectivity index (χ0) is 11.5. The van der Waals surface area contributed by atoms with E-state index >= 15 is 0 Å². The second kappa shape index (κ2) is 9.73. The van der Waals surface area contributed by atoms with Crippen molar-refractivity contribution in [3.05, 3.63) is 0 Å². The molecular weight excluding hydrogens is 196 g/mol. The van der Waals surface area contributed by atoms with Crippen molar-refractivity contribution in [2.24, 2.45) is 0 Å². The number of nitrogens with one attached hydrogen (secondary N) is 2. The molecule has 0 aromatic heterocycles. The summed E-state index contributed by atoms with van der Waals surface area (Å²) >= 11 is 0. The smallest absolute Gasteiger partial charge is 0.314 e. The fourth-order valence-corrected chi connectivity index (χ4v) is 0.978. The van der Waals surface area contributed by atoms with Crippen molar-refractivity contribution in [3.8, 4) is 0 Å². The van der Waals surface area contributed by atoms with Gasteiger partial charge in [0.05, 0.1) is 6.10 Å². The monoisotopic (exact) mass is 218 g/mol. The van der Waals surface area contributed by atoms with Crippen molar-refractivity contribution < 1.29 is 14.6 Å². The van der Waals surface area contributed by atoms with Gasteiger partial charge in [-0.05, 0) is 26.7 Å². The summed E-state index contributed by atoms with van der Waals surface area (Å²) in [6.07, 6.45) is 1.02. The van der Waals surface area contributed by atoms with Crippen molar-refractivity contribution >= 4 is 6.03 Å². The molecule has 2 amide bonds. The van der Waals surface area contributed by atoms with Gasteiger partial charge in [0.1, 0.15) is 0 Å². The Morgan fingerprint density at radius 1 is 1.40 bits per heavy atom. The molecule has 0 saturated carbocycles. The third kappa shape index (κ3) is 11.1. The number of carbonyl (C=O) groups is 1. The molecule has 0 aliphatic rings. The van der Waals surface area contributed by atoms with Gasteiger partial charge in [-0.25, -0.2) is 4.79 Å². The average Bonchev–Trinajstić information content (AvgIpc) is 2.17. The molecule has 0 rings (SSSR count). The SMILES string of the molecule is CCOCCCNC(=O)NCCC(C)O. The van der Waals surface area contributed by atoms with Gasteiger partial charge < -0.3 is 20.5 Å². The van der Waals surface area contributed by atoms with E-state index in [1.54, 1.807) is 6.92 Å². The van der Waals surface area contributed by atoms with Crippen molar-refractivity contribution in [2.45, 2.75) is 32.8 Å². The fourth-order valence-electron chi connectivity index (χ4n) is 0.978. The van der Waals surface area contributed by atoms with Crippen LogP contribution in [-0.4, -0.2) is 43.5 Å². The van der Waals surface area contributed by atoms with Crippen molar-refractivity contribution in [1.29, 1.82) is 0 Å². The molecule has 0 saturated heterocycles. The minimum Gasteiger partial charge on any atom is -0.393 e. The Bertz CT molecular complexity index is 163. The summed E-state index contributed by atoms with van der Waals surface area (Å²) in [7, 11) is 0. The van der Waals surface area contributed by atoms with Crippen LogP contribution in [0.2, 0.25) is 0 Å². The molecule has 0 bridgehead atoms. The molecule has 0 aliphatic carbocycles. The minimum absolute atomic E-state index is 0.188. The topological polar surface area (TPSA) is 70.6 Å². The Kier molecular flexibility index (Phi) is 9.21. The largest absolute Gasteiger partial charge is 0.393 e. The Hall–Kier alpha value is -0.810. The van der Waals surface area contributed by atoms with Crippen LogP contribution in [0.5, 0.6) is 0 Å².